The SMILES string of the molecule is CCNC1CCCN(c2nc3ccccc3o2)C1. The number of rotatable bonds is 3. The molecule has 3 rings (SSSR count). The largest absolute Gasteiger partial charge is 0.423 e. The first-order chi connectivity index (χ1) is 8.86. The van der Waals surface area contributed by atoms with Gasteiger partial charge in [0.15, 0.2) is 5.58 Å². The standard InChI is InChI=1S/C14H19N3O/c1-2-15-11-6-5-9-17(10-11)14-16-12-7-3-4-8-13(12)18-14/h3-4,7-8,11,15H,2,5-6,9-10H2,1H3. The molecule has 1 aromatic carbocycles. The van der Waals surface area contributed by atoms with Gasteiger partial charge in [-0.25, -0.2) is 0 Å². The van der Waals surface area contributed by atoms with Crippen LogP contribution in [0.4, 0.5) is 6.01 Å². The van der Waals surface area contributed by atoms with E-state index in [1.54, 1.807) is 0 Å². The number of anilines is 1. The number of benzene rings is 1. The molecule has 0 bridgehead atoms. The van der Waals surface area contributed by atoms with Gasteiger partial charge < -0.3 is 14.6 Å². The molecule has 4 nitrogen and oxygen atoms in total. The molecule has 1 aromatic heterocycles. The minimum atomic E-state index is 0.554. The highest BCUT2D eigenvalue weighted by Gasteiger charge is 2.22. The lowest BCUT2D eigenvalue weighted by atomic mass is 10.1. The van der Waals surface area contributed by atoms with Crippen molar-refractivity contribution in [2.75, 3.05) is 24.5 Å². The van der Waals surface area contributed by atoms with E-state index in [0.29, 0.717) is 6.04 Å². The Labute approximate surface area is 107 Å². The minimum absolute atomic E-state index is 0.554. The molecule has 0 spiro atoms. The van der Waals surface area contributed by atoms with E-state index in [0.717, 1.165) is 36.7 Å². The number of likely N-dealkylation sites (N-methyl/N-ethyl adjacent to an activating group) is 1. The molecular formula is C14H19N3O. The number of nitrogens with one attached hydrogen (secondary N) is 1. The third-order valence-corrected chi connectivity index (χ3v) is 3.47. The number of piperidine rings is 1. The molecule has 4 heteroatoms. The van der Waals surface area contributed by atoms with E-state index >= 15 is 0 Å². The van der Waals surface area contributed by atoms with E-state index in [9.17, 15) is 0 Å². The van der Waals surface area contributed by atoms with Gasteiger partial charge in [-0.05, 0) is 31.5 Å². The van der Waals surface area contributed by atoms with Crippen molar-refractivity contribution in [1.82, 2.24) is 10.3 Å². The summed E-state index contributed by atoms with van der Waals surface area (Å²) in [6, 6.07) is 9.25. The molecule has 0 radical (unpaired) electrons. The zero-order valence-electron chi connectivity index (χ0n) is 10.7. The number of hydrogen-bond acceptors (Lipinski definition) is 4. The lowest BCUT2D eigenvalue weighted by Crippen LogP contribution is -2.45. The first-order valence-corrected chi connectivity index (χ1v) is 6.70. The fourth-order valence-electron chi connectivity index (χ4n) is 2.60. The van der Waals surface area contributed by atoms with Crippen molar-refractivity contribution in [1.29, 1.82) is 0 Å². The Morgan fingerprint density at radius 3 is 3.17 bits per heavy atom. The van der Waals surface area contributed by atoms with Crippen molar-refractivity contribution in [3.63, 3.8) is 0 Å². The highest BCUT2D eigenvalue weighted by atomic mass is 16.4. The predicted octanol–water partition coefficient (Wildman–Crippen LogP) is 2.41. The molecule has 1 fully saturated rings. The molecule has 2 aromatic rings. The van der Waals surface area contributed by atoms with Gasteiger partial charge in [-0.3, -0.25) is 0 Å². The number of aromatic nitrogens is 1. The normalized spacial score (nSPS) is 20.5. The van der Waals surface area contributed by atoms with E-state index in [1.807, 2.05) is 24.3 Å². The van der Waals surface area contributed by atoms with E-state index in [1.165, 1.54) is 12.8 Å². The summed E-state index contributed by atoms with van der Waals surface area (Å²) in [5, 5.41) is 3.51. The Bertz CT molecular complexity index is 487. The molecule has 1 aliphatic heterocycles. The molecule has 18 heavy (non-hydrogen) atoms. The number of oxazole rings is 1. The second-order valence-electron chi connectivity index (χ2n) is 4.81. The number of hydrogen-bond donors (Lipinski definition) is 1. The summed E-state index contributed by atoms with van der Waals surface area (Å²) in [5.74, 6) is 0. The van der Waals surface area contributed by atoms with Crippen LogP contribution < -0.4 is 10.2 Å². The second kappa shape index (κ2) is 4.98. The van der Waals surface area contributed by atoms with Gasteiger partial charge in [0.1, 0.15) is 5.52 Å². The molecule has 96 valence electrons. The van der Waals surface area contributed by atoms with E-state index in [-0.39, 0.29) is 0 Å². The van der Waals surface area contributed by atoms with Crippen LogP contribution >= 0.6 is 0 Å². The van der Waals surface area contributed by atoms with Crippen molar-refractivity contribution in [3.05, 3.63) is 24.3 Å². The average molecular weight is 245 g/mol. The van der Waals surface area contributed by atoms with Gasteiger partial charge in [0.05, 0.1) is 0 Å². The van der Waals surface area contributed by atoms with Crippen molar-refractivity contribution in [3.8, 4) is 0 Å². The van der Waals surface area contributed by atoms with Gasteiger partial charge in [0, 0.05) is 19.1 Å². The number of nitrogens with zero attached hydrogens (tertiary/aromatic N) is 2. The quantitative estimate of drug-likeness (QED) is 0.901. The van der Waals surface area contributed by atoms with Crippen LogP contribution in [0.25, 0.3) is 11.1 Å². The molecule has 2 heterocycles. The Kier molecular flexibility index (Phi) is 3.19. The third kappa shape index (κ3) is 2.20. The molecule has 0 saturated carbocycles. The predicted molar refractivity (Wildman–Crippen MR) is 72.9 cm³/mol. The van der Waals surface area contributed by atoms with Crippen LogP contribution in [0, 0.1) is 0 Å². The monoisotopic (exact) mass is 245 g/mol. The molecule has 1 atom stereocenters. The molecule has 0 aliphatic carbocycles. The highest BCUT2D eigenvalue weighted by Crippen LogP contribution is 2.24. The van der Waals surface area contributed by atoms with Gasteiger partial charge in [0.25, 0.3) is 6.01 Å². The molecule has 1 aliphatic rings. The molecule has 1 N–H and O–H groups in total. The van der Waals surface area contributed by atoms with Crippen LogP contribution in [0.1, 0.15) is 19.8 Å². The molecule has 1 unspecified atom stereocenters. The lowest BCUT2D eigenvalue weighted by Gasteiger charge is -2.31. The number of fused-ring (bicyclic) bond motifs is 1. The minimum Gasteiger partial charge on any atom is -0.423 e. The van der Waals surface area contributed by atoms with E-state index < -0.39 is 0 Å². The molecular weight excluding hydrogens is 226 g/mol. The van der Waals surface area contributed by atoms with E-state index in [2.05, 4.69) is 22.1 Å². The molecule has 1 saturated heterocycles. The van der Waals surface area contributed by atoms with Crippen molar-refractivity contribution < 1.29 is 4.42 Å². The second-order valence-corrected chi connectivity index (χ2v) is 4.81. The Hall–Kier alpha value is -1.55. The summed E-state index contributed by atoms with van der Waals surface area (Å²) in [5.41, 5.74) is 1.82. The summed E-state index contributed by atoms with van der Waals surface area (Å²) in [7, 11) is 0. The summed E-state index contributed by atoms with van der Waals surface area (Å²) in [4.78, 5) is 6.81. The molecule has 0 amide bonds. The first-order valence-electron chi connectivity index (χ1n) is 6.70. The van der Waals surface area contributed by atoms with Crippen LogP contribution in [-0.4, -0.2) is 30.7 Å². The lowest BCUT2D eigenvalue weighted by molar-refractivity contribution is 0.412. The summed E-state index contributed by atoms with van der Waals surface area (Å²) < 4.78 is 5.82. The van der Waals surface area contributed by atoms with Crippen LogP contribution in [0.5, 0.6) is 0 Å². The Morgan fingerprint density at radius 1 is 1.44 bits per heavy atom. The third-order valence-electron chi connectivity index (χ3n) is 3.47. The summed E-state index contributed by atoms with van der Waals surface area (Å²) in [6.45, 7) is 5.19. The van der Waals surface area contributed by atoms with Crippen LogP contribution in [0.2, 0.25) is 0 Å². The van der Waals surface area contributed by atoms with Crippen LogP contribution in [0.3, 0.4) is 0 Å². The maximum atomic E-state index is 5.82. The van der Waals surface area contributed by atoms with Crippen LogP contribution in [0.15, 0.2) is 28.7 Å². The van der Waals surface area contributed by atoms with E-state index in [4.69, 9.17) is 4.42 Å². The maximum absolute atomic E-state index is 5.82. The average Bonchev–Trinajstić information content (AvgIpc) is 2.83. The van der Waals surface area contributed by atoms with Gasteiger partial charge in [0.2, 0.25) is 0 Å². The van der Waals surface area contributed by atoms with Gasteiger partial charge >= 0.3 is 0 Å². The van der Waals surface area contributed by atoms with Crippen molar-refractivity contribution >= 4 is 17.1 Å². The Morgan fingerprint density at radius 2 is 2.33 bits per heavy atom. The highest BCUT2D eigenvalue weighted by molar-refractivity contribution is 5.74. The van der Waals surface area contributed by atoms with Crippen molar-refractivity contribution in [2.24, 2.45) is 0 Å². The van der Waals surface area contributed by atoms with Gasteiger partial charge in [-0.2, -0.15) is 4.98 Å². The zero-order valence-corrected chi connectivity index (χ0v) is 10.7. The van der Waals surface area contributed by atoms with Gasteiger partial charge in [-0.15, -0.1) is 0 Å². The summed E-state index contributed by atoms with van der Waals surface area (Å²) >= 11 is 0. The van der Waals surface area contributed by atoms with Gasteiger partial charge in [-0.1, -0.05) is 19.1 Å². The van der Waals surface area contributed by atoms with Crippen LogP contribution in [-0.2, 0) is 0 Å². The fraction of sp³-hybridized carbons (Fsp3) is 0.500. The number of para-hydroxylation sites is 2. The summed E-state index contributed by atoms with van der Waals surface area (Å²) in [6.07, 6.45) is 2.43. The fourth-order valence-corrected chi connectivity index (χ4v) is 2.60. The topological polar surface area (TPSA) is 41.3 Å². The maximum Gasteiger partial charge on any atom is 0.298 e. The smallest absolute Gasteiger partial charge is 0.298 e. The Balaban J connectivity index is 1.80. The zero-order chi connectivity index (χ0) is 12.4. The first kappa shape index (κ1) is 11.5. The van der Waals surface area contributed by atoms with Crippen molar-refractivity contribution in [2.45, 2.75) is 25.8 Å².